The Morgan fingerprint density at radius 2 is 2.09 bits per heavy atom. The quantitative estimate of drug-likeness (QED) is 0.717. The number of ether oxygens (including phenoxy) is 1. The topological polar surface area (TPSA) is 83.0 Å². The fourth-order valence-corrected chi connectivity index (χ4v) is 2.21. The van der Waals surface area contributed by atoms with E-state index in [4.69, 9.17) is 32.5 Å². The van der Waals surface area contributed by atoms with Crippen molar-refractivity contribution in [3.05, 3.63) is 56.8 Å². The normalized spacial score (nSPS) is 10.7. The summed E-state index contributed by atoms with van der Waals surface area (Å²) in [6.07, 6.45) is 1.28. The lowest BCUT2D eigenvalue weighted by atomic mass is 10.2. The molecule has 0 saturated heterocycles. The molecule has 3 rings (SSSR count). The van der Waals surface area contributed by atoms with Crippen LogP contribution >= 0.6 is 23.2 Å². The standard InChI is InChI=1S/C14H10Cl2N4O3/c1-22-10-5-3-2-4-8(10)13-18-11(23-19-13)7-20-14(21)12(16)9(15)6-17-20/h2-6H,7H2,1H3. The number of rotatable bonds is 4. The molecule has 118 valence electrons. The molecule has 0 fully saturated rings. The molecule has 0 spiro atoms. The molecule has 23 heavy (non-hydrogen) atoms. The SMILES string of the molecule is COc1ccccc1-c1noc(Cn2ncc(Cl)c(Cl)c2=O)n1. The Balaban J connectivity index is 1.91. The van der Waals surface area contributed by atoms with Crippen molar-refractivity contribution in [2.24, 2.45) is 0 Å². The third-order valence-corrected chi connectivity index (χ3v) is 3.79. The van der Waals surface area contributed by atoms with Gasteiger partial charge in [-0.2, -0.15) is 10.1 Å². The van der Waals surface area contributed by atoms with Crippen molar-refractivity contribution in [3.8, 4) is 17.1 Å². The van der Waals surface area contributed by atoms with Crippen LogP contribution in [0.15, 0.2) is 39.8 Å². The molecule has 0 amide bonds. The fourth-order valence-electron chi connectivity index (χ4n) is 1.94. The third kappa shape index (κ3) is 3.06. The molecule has 1 aromatic carbocycles. The van der Waals surface area contributed by atoms with E-state index in [-0.39, 0.29) is 22.5 Å². The molecule has 7 nitrogen and oxygen atoms in total. The minimum atomic E-state index is -0.531. The van der Waals surface area contributed by atoms with E-state index in [1.165, 1.54) is 6.20 Å². The average Bonchev–Trinajstić information content (AvgIpc) is 3.04. The Labute approximate surface area is 140 Å². The molecule has 0 bridgehead atoms. The molecule has 2 heterocycles. The fraction of sp³-hybridized carbons (Fsp3) is 0.143. The second-order valence-corrected chi connectivity index (χ2v) is 5.27. The second kappa shape index (κ2) is 6.39. The van der Waals surface area contributed by atoms with E-state index in [9.17, 15) is 4.79 Å². The molecule has 2 aromatic heterocycles. The Morgan fingerprint density at radius 3 is 2.87 bits per heavy atom. The summed E-state index contributed by atoms with van der Waals surface area (Å²) in [7, 11) is 1.55. The first kappa shape index (κ1) is 15.5. The highest BCUT2D eigenvalue weighted by Crippen LogP contribution is 2.27. The van der Waals surface area contributed by atoms with Crippen LogP contribution in [0.25, 0.3) is 11.4 Å². The lowest BCUT2D eigenvalue weighted by Gasteiger charge is -2.03. The maximum Gasteiger partial charge on any atom is 0.287 e. The Hall–Kier alpha value is -2.38. The number of benzene rings is 1. The van der Waals surface area contributed by atoms with Crippen LogP contribution in [0.4, 0.5) is 0 Å². The van der Waals surface area contributed by atoms with Crippen molar-refractivity contribution in [1.29, 1.82) is 0 Å². The minimum absolute atomic E-state index is 0.0160. The van der Waals surface area contributed by atoms with E-state index in [0.717, 1.165) is 4.68 Å². The van der Waals surface area contributed by atoms with Crippen molar-refractivity contribution in [1.82, 2.24) is 19.9 Å². The highest BCUT2D eigenvalue weighted by Gasteiger charge is 2.15. The first-order valence-corrected chi connectivity index (χ1v) is 7.23. The zero-order chi connectivity index (χ0) is 16.4. The first-order valence-electron chi connectivity index (χ1n) is 6.47. The summed E-state index contributed by atoms with van der Waals surface area (Å²) in [6.45, 7) is -0.0160. The van der Waals surface area contributed by atoms with Gasteiger partial charge in [0.1, 0.15) is 17.3 Å². The maximum absolute atomic E-state index is 11.9. The van der Waals surface area contributed by atoms with Crippen molar-refractivity contribution in [3.63, 3.8) is 0 Å². The second-order valence-electron chi connectivity index (χ2n) is 4.48. The Kier molecular flexibility index (Phi) is 4.31. The predicted octanol–water partition coefficient (Wildman–Crippen LogP) is 2.66. The van der Waals surface area contributed by atoms with E-state index >= 15 is 0 Å². The van der Waals surface area contributed by atoms with Gasteiger partial charge in [0.15, 0.2) is 0 Å². The van der Waals surface area contributed by atoms with Gasteiger partial charge in [0.25, 0.3) is 5.56 Å². The average molecular weight is 353 g/mol. The van der Waals surface area contributed by atoms with Gasteiger partial charge in [-0.05, 0) is 12.1 Å². The van der Waals surface area contributed by atoms with Crippen molar-refractivity contribution in [2.75, 3.05) is 7.11 Å². The molecule has 0 aliphatic heterocycles. The Morgan fingerprint density at radius 1 is 1.30 bits per heavy atom. The number of para-hydroxylation sites is 1. The molecule has 3 aromatic rings. The van der Waals surface area contributed by atoms with Crippen molar-refractivity contribution >= 4 is 23.2 Å². The van der Waals surface area contributed by atoms with Crippen LogP contribution in [0.2, 0.25) is 10.0 Å². The summed E-state index contributed by atoms with van der Waals surface area (Å²) < 4.78 is 11.5. The van der Waals surface area contributed by atoms with Crippen LogP contribution in [0.1, 0.15) is 5.89 Å². The Bertz CT molecular complexity index is 907. The zero-order valence-corrected chi connectivity index (χ0v) is 13.4. The van der Waals surface area contributed by atoms with E-state index in [1.807, 2.05) is 12.1 Å². The molecule has 9 heteroatoms. The van der Waals surface area contributed by atoms with Crippen LogP contribution in [-0.4, -0.2) is 27.0 Å². The lowest BCUT2D eigenvalue weighted by molar-refractivity contribution is 0.362. The summed E-state index contributed by atoms with van der Waals surface area (Å²) in [5.74, 6) is 1.18. The number of methoxy groups -OCH3 is 1. The van der Waals surface area contributed by atoms with Gasteiger partial charge in [-0.25, -0.2) is 4.68 Å². The number of hydrogen-bond donors (Lipinski definition) is 0. The highest BCUT2D eigenvalue weighted by atomic mass is 35.5. The maximum atomic E-state index is 11.9. The predicted molar refractivity (Wildman–Crippen MR) is 83.9 cm³/mol. The molecule has 0 radical (unpaired) electrons. The van der Waals surface area contributed by atoms with Gasteiger partial charge in [0.2, 0.25) is 11.7 Å². The van der Waals surface area contributed by atoms with Gasteiger partial charge in [-0.15, -0.1) is 0 Å². The van der Waals surface area contributed by atoms with Gasteiger partial charge in [-0.3, -0.25) is 4.79 Å². The van der Waals surface area contributed by atoms with Crippen LogP contribution in [-0.2, 0) is 6.54 Å². The third-order valence-electron chi connectivity index (χ3n) is 3.04. The van der Waals surface area contributed by atoms with E-state index in [1.54, 1.807) is 19.2 Å². The van der Waals surface area contributed by atoms with Crippen LogP contribution in [0.5, 0.6) is 5.75 Å². The number of hydrogen-bond acceptors (Lipinski definition) is 6. The van der Waals surface area contributed by atoms with E-state index in [2.05, 4.69) is 15.2 Å². The number of nitrogens with zero attached hydrogens (tertiary/aromatic N) is 4. The first-order chi connectivity index (χ1) is 11.1. The van der Waals surface area contributed by atoms with Crippen LogP contribution in [0.3, 0.4) is 0 Å². The molecular formula is C14H10Cl2N4O3. The lowest BCUT2D eigenvalue weighted by Crippen LogP contribution is -2.23. The summed E-state index contributed by atoms with van der Waals surface area (Å²) >= 11 is 11.5. The highest BCUT2D eigenvalue weighted by molar-refractivity contribution is 6.41. The van der Waals surface area contributed by atoms with Gasteiger partial charge < -0.3 is 9.26 Å². The van der Waals surface area contributed by atoms with Gasteiger partial charge in [-0.1, -0.05) is 40.5 Å². The van der Waals surface area contributed by atoms with Crippen molar-refractivity contribution in [2.45, 2.75) is 6.54 Å². The molecule has 0 aliphatic rings. The van der Waals surface area contributed by atoms with Gasteiger partial charge in [0, 0.05) is 0 Å². The summed E-state index contributed by atoms with van der Waals surface area (Å²) in [6, 6.07) is 7.26. The summed E-state index contributed by atoms with van der Waals surface area (Å²) in [4.78, 5) is 16.2. The molecular weight excluding hydrogens is 343 g/mol. The monoisotopic (exact) mass is 352 g/mol. The number of aromatic nitrogens is 4. The minimum Gasteiger partial charge on any atom is -0.496 e. The van der Waals surface area contributed by atoms with Crippen LogP contribution in [0, 0.1) is 0 Å². The molecule has 0 aliphatic carbocycles. The molecule has 0 N–H and O–H groups in total. The van der Waals surface area contributed by atoms with Gasteiger partial charge >= 0.3 is 0 Å². The number of halogens is 2. The molecule has 0 saturated carbocycles. The summed E-state index contributed by atoms with van der Waals surface area (Å²) in [5, 5.41) is 7.76. The smallest absolute Gasteiger partial charge is 0.287 e. The van der Waals surface area contributed by atoms with Gasteiger partial charge in [0.05, 0.1) is 23.9 Å². The molecule has 0 atom stereocenters. The van der Waals surface area contributed by atoms with E-state index in [0.29, 0.717) is 17.1 Å². The van der Waals surface area contributed by atoms with E-state index < -0.39 is 5.56 Å². The van der Waals surface area contributed by atoms with Crippen LogP contribution < -0.4 is 10.3 Å². The zero-order valence-electron chi connectivity index (χ0n) is 11.9. The summed E-state index contributed by atoms with van der Waals surface area (Å²) in [5.41, 5.74) is 0.149. The molecule has 0 unspecified atom stereocenters. The van der Waals surface area contributed by atoms with Crippen molar-refractivity contribution < 1.29 is 9.26 Å². The largest absolute Gasteiger partial charge is 0.496 e.